The molecule has 0 atom stereocenters. The zero-order valence-corrected chi connectivity index (χ0v) is 24.2. The molecule has 2 aliphatic rings. The Kier molecular flexibility index (Phi) is 12.5. The quantitative estimate of drug-likeness (QED) is 0.220. The molecule has 10 nitrogen and oxygen atoms in total. The fourth-order valence-corrected chi connectivity index (χ4v) is 4.86. The maximum absolute atomic E-state index is 12.5. The first-order chi connectivity index (χ1) is 17.9. The van der Waals surface area contributed by atoms with Gasteiger partial charge in [-0.05, 0) is 51.5 Å². The topological polar surface area (TPSA) is 112 Å². The molecule has 0 N–H and O–H groups in total. The van der Waals surface area contributed by atoms with E-state index >= 15 is 0 Å². The maximum atomic E-state index is 12.5. The highest BCUT2D eigenvalue weighted by atomic mass is 16.6. The number of ether oxygens (including phenoxy) is 4. The molecule has 0 radical (unpaired) electrons. The second-order valence-corrected chi connectivity index (χ2v) is 11.7. The van der Waals surface area contributed by atoms with Crippen LogP contribution in [-0.4, -0.2) is 98.9 Å². The van der Waals surface area contributed by atoms with E-state index in [2.05, 4.69) is 21.5 Å². The van der Waals surface area contributed by atoms with Crippen LogP contribution in [0, 0.1) is 17.3 Å². The molecule has 0 amide bonds. The summed E-state index contributed by atoms with van der Waals surface area (Å²) in [4.78, 5) is 51.9. The molecule has 2 rings (SSSR count). The molecule has 38 heavy (non-hydrogen) atoms. The Balaban J connectivity index is 1.69. The van der Waals surface area contributed by atoms with Gasteiger partial charge in [-0.3, -0.25) is 4.90 Å². The van der Waals surface area contributed by atoms with Gasteiger partial charge in [0.05, 0.1) is 13.7 Å². The van der Waals surface area contributed by atoms with Crippen LogP contribution in [0.4, 0.5) is 0 Å². The number of methoxy groups -OCH3 is 1. The highest BCUT2D eigenvalue weighted by Crippen LogP contribution is 2.37. The Morgan fingerprint density at radius 1 is 0.737 bits per heavy atom. The Morgan fingerprint density at radius 3 is 1.82 bits per heavy atom. The van der Waals surface area contributed by atoms with Crippen molar-refractivity contribution in [2.24, 2.45) is 17.3 Å². The molecule has 218 valence electrons. The zero-order valence-electron chi connectivity index (χ0n) is 24.2. The van der Waals surface area contributed by atoms with E-state index in [1.54, 1.807) is 0 Å². The predicted molar refractivity (Wildman–Crippen MR) is 141 cm³/mol. The molecule has 0 bridgehead atoms. The lowest BCUT2D eigenvalue weighted by Crippen LogP contribution is -2.50. The second-order valence-electron chi connectivity index (χ2n) is 11.7. The average Bonchev–Trinajstić information content (AvgIpc) is 2.90. The van der Waals surface area contributed by atoms with Crippen LogP contribution in [0.3, 0.4) is 0 Å². The predicted octanol–water partition coefficient (Wildman–Crippen LogP) is 2.82. The van der Waals surface area contributed by atoms with Crippen molar-refractivity contribution in [3.8, 4) is 0 Å². The van der Waals surface area contributed by atoms with Crippen LogP contribution in [0.15, 0.2) is 0 Å². The van der Waals surface area contributed by atoms with Gasteiger partial charge in [-0.25, -0.2) is 19.2 Å². The molecule has 10 heteroatoms. The van der Waals surface area contributed by atoms with Crippen molar-refractivity contribution in [3.63, 3.8) is 0 Å². The van der Waals surface area contributed by atoms with Gasteiger partial charge in [0.1, 0.15) is 12.2 Å². The highest BCUT2D eigenvalue weighted by molar-refractivity contribution is 6.30. The van der Waals surface area contributed by atoms with Crippen molar-refractivity contribution in [2.75, 3.05) is 59.6 Å². The van der Waals surface area contributed by atoms with E-state index in [0.717, 1.165) is 77.9 Å². The van der Waals surface area contributed by atoms with E-state index in [-0.39, 0.29) is 18.6 Å². The van der Waals surface area contributed by atoms with Gasteiger partial charge >= 0.3 is 23.9 Å². The number of hydrogen-bond acceptors (Lipinski definition) is 10. The molecule has 0 aromatic heterocycles. The van der Waals surface area contributed by atoms with Crippen LogP contribution >= 0.6 is 0 Å². The molecular weight excluding hydrogens is 492 g/mol. The molecule has 2 fully saturated rings. The molecule has 1 saturated carbocycles. The molecule has 1 aliphatic carbocycles. The smallest absolute Gasteiger partial charge is 0.418 e. The number of hydrogen-bond donors (Lipinski definition) is 0. The molecule has 1 heterocycles. The van der Waals surface area contributed by atoms with Gasteiger partial charge in [-0.15, -0.1) is 0 Å². The SMILES string of the molecule is CCC1CCC(COC(=O)C(=O)OC(C)(C)C(C)(C)CCN2CCN(CCOC(=O)C(=O)OC)CC2)CC1. The first-order valence-electron chi connectivity index (χ1n) is 14.0. The van der Waals surface area contributed by atoms with Crippen molar-refractivity contribution in [2.45, 2.75) is 78.7 Å². The standard InChI is InChI=1S/C28H48N2O8/c1-7-21-8-10-22(11-9-21)20-37-25(33)26(34)38-28(4,5)27(2,3)12-13-29-14-16-30(17-15-29)18-19-36-24(32)23(31)35-6/h21-22H,7-20H2,1-6H3. The van der Waals surface area contributed by atoms with E-state index in [0.29, 0.717) is 12.5 Å². The molecule has 0 aromatic carbocycles. The van der Waals surface area contributed by atoms with Crippen LogP contribution < -0.4 is 0 Å². The van der Waals surface area contributed by atoms with Gasteiger partial charge in [0.15, 0.2) is 0 Å². The number of rotatable bonds is 11. The Hall–Kier alpha value is -2.20. The lowest BCUT2D eigenvalue weighted by atomic mass is 9.74. The van der Waals surface area contributed by atoms with Crippen LogP contribution in [0.5, 0.6) is 0 Å². The summed E-state index contributed by atoms with van der Waals surface area (Å²) in [5.41, 5.74) is -1.23. The third-order valence-electron chi connectivity index (χ3n) is 8.65. The van der Waals surface area contributed by atoms with Crippen LogP contribution in [0.2, 0.25) is 0 Å². The van der Waals surface area contributed by atoms with Crippen LogP contribution in [0.1, 0.15) is 73.1 Å². The third kappa shape index (κ3) is 9.84. The van der Waals surface area contributed by atoms with Gasteiger partial charge in [-0.1, -0.05) is 40.0 Å². The lowest BCUT2D eigenvalue weighted by molar-refractivity contribution is -0.184. The first kappa shape index (κ1) is 32.0. The van der Waals surface area contributed by atoms with Crippen molar-refractivity contribution >= 4 is 23.9 Å². The van der Waals surface area contributed by atoms with E-state index in [9.17, 15) is 19.2 Å². The molecular formula is C28H48N2O8. The highest BCUT2D eigenvalue weighted by Gasteiger charge is 2.42. The van der Waals surface area contributed by atoms with Crippen molar-refractivity contribution < 1.29 is 38.1 Å². The molecule has 1 saturated heterocycles. The number of nitrogens with zero attached hydrogens (tertiary/aromatic N) is 2. The van der Waals surface area contributed by atoms with Crippen molar-refractivity contribution in [1.82, 2.24) is 9.80 Å². The Labute approximate surface area is 227 Å². The average molecular weight is 541 g/mol. The van der Waals surface area contributed by atoms with Crippen molar-refractivity contribution in [3.05, 3.63) is 0 Å². The summed E-state index contributed by atoms with van der Waals surface area (Å²) >= 11 is 0. The lowest BCUT2D eigenvalue weighted by Gasteiger charge is -2.42. The van der Waals surface area contributed by atoms with Crippen LogP contribution in [-0.2, 0) is 38.1 Å². The van der Waals surface area contributed by atoms with E-state index in [4.69, 9.17) is 14.2 Å². The van der Waals surface area contributed by atoms with E-state index in [1.165, 1.54) is 6.42 Å². The number of piperazine rings is 1. The van der Waals surface area contributed by atoms with Crippen molar-refractivity contribution in [1.29, 1.82) is 0 Å². The van der Waals surface area contributed by atoms with E-state index < -0.39 is 29.5 Å². The van der Waals surface area contributed by atoms with Gasteiger partial charge in [0.2, 0.25) is 0 Å². The summed E-state index contributed by atoms with van der Waals surface area (Å²) < 4.78 is 20.2. The number of carbonyl (C=O) groups is 4. The largest absolute Gasteiger partial charge is 0.461 e. The Morgan fingerprint density at radius 2 is 1.26 bits per heavy atom. The molecule has 0 aromatic rings. The van der Waals surface area contributed by atoms with Gasteiger partial charge in [0.25, 0.3) is 0 Å². The van der Waals surface area contributed by atoms with Gasteiger partial charge in [-0.2, -0.15) is 0 Å². The summed E-state index contributed by atoms with van der Waals surface area (Å²) in [5.74, 6) is -2.70. The number of esters is 4. The van der Waals surface area contributed by atoms with Gasteiger partial charge in [0, 0.05) is 38.1 Å². The third-order valence-corrected chi connectivity index (χ3v) is 8.65. The minimum absolute atomic E-state index is 0.142. The fraction of sp³-hybridized carbons (Fsp3) is 0.857. The summed E-state index contributed by atoms with van der Waals surface area (Å²) in [5, 5.41) is 0. The summed E-state index contributed by atoms with van der Waals surface area (Å²) in [6.07, 6.45) is 6.36. The van der Waals surface area contributed by atoms with Crippen LogP contribution in [0.25, 0.3) is 0 Å². The first-order valence-corrected chi connectivity index (χ1v) is 14.0. The second kappa shape index (κ2) is 14.8. The molecule has 0 unspecified atom stereocenters. The zero-order chi connectivity index (χ0) is 28.3. The molecule has 1 aliphatic heterocycles. The summed E-state index contributed by atoms with van der Waals surface area (Å²) in [6.45, 7) is 15.2. The normalized spacial score (nSPS) is 21.4. The fourth-order valence-electron chi connectivity index (χ4n) is 4.86. The molecule has 0 spiro atoms. The number of carbonyl (C=O) groups excluding carboxylic acids is 4. The minimum Gasteiger partial charge on any atom is -0.461 e. The van der Waals surface area contributed by atoms with Gasteiger partial charge < -0.3 is 23.8 Å². The minimum atomic E-state index is -0.993. The summed E-state index contributed by atoms with van der Waals surface area (Å²) in [6, 6.07) is 0. The summed E-state index contributed by atoms with van der Waals surface area (Å²) in [7, 11) is 1.14. The Bertz CT molecular complexity index is 797. The monoisotopic (exact) mass is 540 g/mol. The van der Waals surface area contributed by atoms with E-state index in [1.807, 2.05) is 27.7 Å². The maximum Gasteiger partial charge on any atom is 0.418 e.